The van der Waals surface area contributed by atoms with Crippen LogP contribution in [0.3, 0.4) is 0 Å². The number of hydrogen-bond acceptors (Lipinski definition) is 5. The zero-order valence-corrected chi connectivity index (χ0v) is 27.6. The molecule has 0 aliphatic carbocycles. The molecule has 0 saturated carbocycles. The predicted molar refractivity (Wildman–Crippen MR) is 207 cm³/mol. The number of hydrogen-bond donors (Lipinski definition) is 0. The van der Waals surface area contributed by atoms with Crippen molar-refractivity contribution < 1.29 is 0 Å². The second-order valence-corrected chi connectivity index (χ2v) is 12.5. The molecule has 0 spiro atoms. The number of fused-ring (bicyclic) bond motifs is 6. The Morgan fingerprint density at radius 2 is 0.962 bits per heavy atom. The van der Waals surface area contributed by atoms with Gasteiger partial charge in [-0.3, -0.25) is 4.57 Å². The number of benzene rings is 5. The summed E-state index contributed by atoms with van der Waals surface area (Å²) >= 11 is 0. The lowest BCUT2D eigenvalue weighted by atomic mass is 10.0. The number of rotatable bonds is 5. The van der Waals surface area contributed by atoms with Crippen molar-refractivity contribution in [1.29, 1.82) is 0 Å². The fraction of sp³-hybridized carbons (Fsp3) is 0. The van der Waals surface area contributed by atoms with E-state index in [0.29, 0.717) is 17.3 Å². The van der Waals surface area contributed by atoms with E-state index in [0.717, 1.165) is 77.4 Å². The van der Waals surface area contributed by atoms with Crippen molar-refractivity contribution in [1.82, 2.24) is 34.1 Å². The molecule has 0 aliphatic heterocycles. The van der Waals surface area contributed by atoms with Crippen molar-refractivity contribution in [3.8, 4) is 45.4 Å². The van der Waals surface area contributed by atoms with Gasteiger partial charge in [-0.15, -0.1) is 0 Å². The lowest BCUT2D eigenvalue weighted by Crippen LogP contribution is -2.03. The van der Waals surface area contributed by atoms with E-state index >= 15 is 0 Å². The predicted octanol–water partition coefficient (Wildman–Crippen LogP) is 10.4. The molecule has 0 aliphatic rings. The Bertz CT molecular complexity index is 3030. The molecule has 0 amide bonds. The molecule has 0 fully saturated rings. The van der Waals surface area contributed by atoms with Crippen LogP contribution in [0.4, 0.5) is 5.69 Å². The van der Waals surface area contributed by atoms with Gasteiger partial charge in [-0.05, 0) is 72.3 Å². The molecule has 242 valence electrons. The summed E-state index contributed by atoms with van der Waals surface area (Å²) < 4.78 is 4.46. The van der Waals surface area contributed by atoms with Crippen LogP contribution in [0.5, 0.6) is 0 Å². The van der Waals surface area contributed by atoms with Gasteiger partial charge in [0.05, 0.1) is 40.5 Å². The normalized spacial score (nSPS) is 11.4. The summed E-state index contributed by atoms with van der Waals surface area (Å²) in [5, 5.41) is 4.36. The van der Waals surface area contributed by atoms with Crippen molar-refractivity contribution in [2.45, 2.75) is 0 Å². The molecular weight excluding hydrogens is 641 g/mol. The molecule has 8 nitrogen and oxygen atoms in total. The molecule has 52 heavy (non-hydrogen) atoms. The van der Waals surface area contributed by atoms with Crippen LogP contribution in [0.15, 0.2) is 158 Å². The molecule has 0 saturated heterocycles. The third kappa shape index (κ3) is 4.57. The minimum absolute atomic E-state index is 0.569. The SMILES string of the molecule is [C-]#[N+]c1ccccc1-c1cc(-n2c3ccccc3c3cc(-c4ncccn4)ccc32)ncc1-n1c2ccccc2c2cc(-c3ncccn3)ccc21. The minimum atomic E-state index is 0.569. The Labute approximate surface area is 297 Å². The number of aromatic nitrogens is 7. The Hall–Kier alpha value is -7.50. The van der Waals surface area contributed by atoms with Crippen molar-refractivity contribution >= 4 is 49.3 Å². The van der Waals surface area contributed by atoms with E-state index in [1.165, 1.54) is 0 Å². The molecule has 8 heteroatoms. The average molecular weight is 667 g/mol. The molecule has 0 N–H and O–H groups in total. The lowest BCUT2D eigenvalue weighted by molar-refractivity contribution is 1.06. The van der Waals surface area contributed by atoms with Gasteiger partial charge >= 0.3 is 0 Å². The zero-order chi connectivity index (χ0) is 34.6. The van der Waals surface area contributed by atoms with Crippen LogP contribution in [0, 0.1) is 6.57 Å². The van der Waals surface area contributed by atoms with E-state index in [-0.39, 0.29) is 0 Å². The van der Waals surface area contributed by atoms with Gasteiger partial charge in [-0.1, -0.05) is 60.7 Å². The summed E-state index contributed by atoms with van der Waals surface area (Å²) in [5.41, 5.74) is 9.15. The van der Waals surface area contributed by atoms with Crippen molar-refractivity contribution in [3.05, 3.63) is 170 Å². The number of para-hydroxylation sites is 3. The fourth-order valence-electron chi connectivity index (χ4n) is 7.38. The van der Waals surface area contributed by atoms with Crippen LogP contribution >= 0.6 is 0 Å². The van der Waals surface area contributed by atoms with E-state index in [4.69, 9.17) is 11.6 Å². The summed E-state index contributed by atoms with van der Waals surface area (Å²) in [7, 11) is 0. The Balaban J connectivity index is 1.25. The highest BCUT2D eigenvalue weighted by Crippen LogP contribution is 2.41. The van der Waals surface area contributed by atoms with Crippen molar-refractivity contribution in [3.63, 3.8) is 0 Å². The Morgan fingerprint density at radius 1 is 0.442 bits per heavy atom. The Morgan fingerprint density at radius 3 is 1.58 bits per heavy atom. The molecule has 0 unspecified atom stereocenters. The summed E-state index contributed by atoms with van der Waals surface area (Å²) in [5.74, 6) is 2.10. The number of pyridine rings is 1. The Kier molecular flexibility index (Phi) is 6.69. The lowest BCUT2D eigenvalue weighted by Gasteiger charge is -2.17. The summed E-state index contributed by atoms with van der Waals surface area (Å²) in [6.45, 7) is 8.12. The maximum atomic E-state index is 8.12. The van der Waals surface area contributed by atoms with E-state index in [2.05, 4.69) is 125 Å². The van der Waals surface area contributed by atoms with Crippen LogP contribution in [0.1, 0.15) is 0 Å². The smallest absolute Gasteiger partial charge is 0.194 e. The van der Waals surface area contributed by atoms with Gasteiger partial charge in [0.15, 0.2) is 17.3 Å². The van der Waals surface area contributed by atoms with Crippen LogP contribution in [0.2, 0.25) is 0 Å². The maximum absolute atomic E-state index is 8.12. The van der Waals surface area contributed by atoms with Crippen LogP contribution in [0.25, 0.3) is 93.9 Å². The highest BCUT2D eigenvalue weighted by molar-refractivity contribution is 6.12. The molecule has 5 aromatic heterocycles. The van der Waals surface area contributed by atoms with Crippen LogP contribution < -0.4 is 0 Å². The first-order chi connectivity index (χ1) is 25.8. The summed E-state index contributed by atoms with van der Waals surface area (Å²) in [6, 6.07) is 43.0. The second-order valence-electron chi connectivity index (χ2n) is 12.5. The van der Waals surface area contributed by atoms with Gasteiger partial charge in [0.1, 0.15) is 5.82 Å². The third-order valence-electron chi connectivity index (χ3n) is 9.65. The van der Waals surface area contributed by atoms with Gasteiger partial charge in [0.25, 0.3) is 0 Å². The fourth-order valence-corrected chi connectivity index (χ4v) is 7.38. The third-order valence-corrected chi connectivity index (χ3v) is 9.65. The summed E-state index contributed by atoms with van der Waals surface area (Å²) in [4.78, 5) is 27.2. The van der Waals surface area contributed by atoms with E-state index in [1.807, 2.05) is 42.6 Å². The van der Waals surface area contributed by atoms with Crippen molar-refractivity contribution in [2.75, 3.05) is 0 Å². The van der Waals surface area contributed by atoms with E-state index < -0.39 is 0 Å². The zero-order valence-electron chi connectivity index (χ0n) is 27.6. The molecule has 0 radical (unpaired) electrons. The minimum Gasteiger partial charge on any atom is -0.307 e. The molecule has 10 rings (SSSR count). The molecule has 0 bridgehead atoms. The summed E-state index contributed by atoms with van der Waals surface area (Å²) in [6.07, 6.45) is 8.99. The van der Waals surface area contributed by atoms with Gasteiger partial charge in [0.2, 0.25) is 0 Å². The topological polar surface area (TPSA) is 78.7 Å². The monoisotopic (exact) mass is 666 g/mol. The molecular formula is C44H26N8. The second kappa shape index (κ2) is 11.8. The highest BCUT2D eigenvalue weighted by Gasteiger charge is 2.21. The standard InChI is InChI=1S/C44H26N8/c1-45-36-13-5-2-10-30(36)35-26-42(52-38-15-7-4-12-32(38)34-25-29(17-19-40(34)52)44-48-22-9-23-49-44)50-27-41(35)51-37-14-6-3-11-31(37)33-24-28(16-18-39(33)51)43-46-20-8-21-47-43/h2-27H. The van der Waals surface area contributed by atoms with Crippen LogP contribution in [-0.2, 0) is 0 Å². The average Bonchev–Trinajstić information content (AvgIpc) is 3.73. The molecule has 5 heterocycles. The van der Waals surface area contributed by atoms with E-state index in [9.17, 15) is 0 Å². The van der Waals surface area contributed by atoms with Crippen LogP contribution in [-0.4, -0.2) is 34.1 Å². The maximum Gasteiger partial charge on any atom is 0.194 e. The highest BCUT2D eigenvalue weighted by atomic mass is 15.1. The molecule has 5 aromatic carbocycles. The first kappa shape index (κ1) is 29.4. The van der Waals surface area contributed by atoms with Gasteiger partial charge in [-0.2, -0.15) is 0 Å². The van der Waals surface area contributed by atoms with Gasteiger partial charge in [-0.25, -0.2) is 29.8 Å². The first-order valence-corrected chi connectivity index (χ1v) is 16.9. The van der Waals surface area contributed by atoms with Crippen molar-refractivity contribution in [2.24, 2.45) is 0 Å². The van der Waals surface area contributed by atoms with Gasteiger partial charge in [0, 0.05) is 63.0 Å². The van der Waals surface area contributed by atoms with E-state index in [1.54, 1.807) is 24.8 Å². The molecule has 0 atom stereocenters. The quantitative estimate of drug-likeness (QED) is 0.171. The molecule has 10 aromatic rings. The largest absolute Gasteiger partial charge is 0.307 e. The van der Waals surface area contributed by atoms with Gasteiger partial charge < -0.3 is 4.57 Å². The number of nitrogens with zero attached hydrogens (tertiary/aromatic N) is 8. The first-order valence-electron chi connectivity index (χ1n) is 16.9.